The molecule has 4 N–H and O–H groups in total. The highest BCUT2D eigenvalue weighted by Crippen LogP contribution is 2.13. The Morgan fingerprint density at radius 2 is 1.86 bits per heavy atom. The fourth-order valence-electron chi connectivity index (χ4n) is 1.73. The molecule has 118 valence electrons. The van der Waals surface area contributed by atoms with E-state index < -0.39 is 5.54 Å². The maximum absolute atomic E-state index is 11.8. The number of amides is 2. The SMILES string of the molecule is CCCC(C)(N)C(=O)NCC(=O)Nc1ccc(Br)cc1.Cl. The van der Waals surface area contributed by atoms with Crippen LogP contribution in [0.3, 0.4) is 0 Å². The van der Waals surface area contributed by atoms with E-state index >= 15 is 0 Å². The van der Waals surface area contributed by atoms with Crippen LogP contribution in [0.1, 0.15) is 26.7 Å². The van der Waals surface area contributed by atoms with Crippen LogP contribution in [0.15, 0.2) is 28.7 Å². The van der Waals surface area contributed by atoms with Gasteiger partial charge in [-0.15, -0.1) is 12.4 Å². The average Bonchev–Trinajstić information content (AvgIpc) is 2.38. The molecule has 7 heteroatoms. The third-order valence-corrected chi connectivity index (χ3v) is 3.35. The smallest absolute Gasteiger partial charge is 0.243 e. The summed E-state index contributed by atoms with van der Waals surface area (Å²) in [6, 6.07) is 7.20. The Kier molecular flexibility index (Phi) is 8.54. The Morgan fingerprint density at radius 3 is 2.38 bits per heavy atom. The highest BCUT2D eigenvalue weighted by molar-refractivity contribution is 9.10. The van der Waals surface area contributed by atoms with Crippen LogP contribution in [0, 0.1) is 0 Å². The van der Waals surface area contributed by atoms with Crippen LogP contribution in [-0.2, 0) is 9.59 Å². The van der Waals surface area contributed by atoms with E-state index in [9.17, 15) is 9.59 Å². The molecule has 21 heavy (non-hydrogen) atoms. The number of hydrogen-bond acceptors (Lipinski definition) is 3. The second-order valence-corrected chi connectivity index (χ2v) is 5.82. The highest BCUT2D eigenvalue weighted by atomic mass is 79.9. The van der Waals surface area contributed by atoms with Crippen molar-refractivity contribution in [3.05, 3.63) is 28.7 Å². The first-order valence-corrected chi connectivity index (χ1v) is 7.27. The first kappa shape index (κ1) is 19.9. The van der Waals surface area contributed by atoms with Gasteiger partial charge in [0.1, 0.15) is 0 Å². The zero-order valence-corrected chi connectivity index (χ0v) is 14.5. The summed E-state index contributed by atoms with van der Waals surface area (Å²) in [4.78, 5) is 23.5. The van der Waals surface area contributed by atoms with Gasteiger partial charge in [-0.05, 0) is 37.6 Å². The Bertz CT molecular complexity index is 478. The molecule has 1 rings (SSSR count). The number of nitrogens with one attached hydrogen (secondary N) is 2. The lowest BCUT2D eigenvalue weighted by molar-refractivity contribution is -0.128. The summed E-state index contributed by atoms with van der Waals surface area (Å²) in [5, 5.41) is 5.25. The van der Waals surface area contributed by atoms with Crippen molar-refractivity contribution in [3.63, 3.8) is 0 Å². The van der Waals surface area contributed by atoms with Gasteiger partial charge in [0.25, 0.3) is 0 Å². The minimum absolute atomic E-state index is 0. The molecule has 0 bridgehead atoms. The number of carbonyl (C=O) groups excluding carboxylic acids is 2. The van der Waals surface area contributed by atoms with Gasteiger partial charge in [-0.2, -0.15) is 0 Å². The Morgan fingerprint density at radius 1 is 1.29 bits per heavy atom. The van der Waals surface area contributed by atoms with Crippen LogP contribution in [0.5, 0.6) is 0 Å². The van der Waals surface area contributed by atoms with Crippen molar-refractivity contribution in [2.75, 3.05) is 11.9 Å². The minimum Gasteiger partial charge on any atom is -0.345 e. The van der Waals surface area contributed by atoms with E-state index in [0.29, 0.717) is 12.1 Å². The summed E-state index contributed by atoms with van der Waals surface area (Å²) in [6.07, 6.45) is 1.39. The van der Waals surface area contributed by atoms with Crippen molar-refractivity contribution in [2.45, 2.75) is 32.2 Å². The predicted octanol–water partition coefficient (Wildman–Crippen LogP) is 2.44. The molecule has 0 saturated heterocycles. The fraction of sp³-hybridized carbons (Fsp3) is 0.429. The quantitative estimate of drug-likeness (QED) is 0.711. The third kappa shape index (κ3) is 6.93. The lowest BCUT2D eigenvalue weighted by Crippen LogP contribution is -2.52. The van der Waals surface area contributed by atoms with Crippen LogP contribution in [0.4, 0.5) is 5.69 Å². The Balaban J connectivity index is 0.00000400. The van der Waals surface area contributed by atoms with E-state index in [0.717, 1.165) is 10.9 Å². The van der Waals surface area contributed by atoms with Gasteiger partial charge in [0.15, 0.2) is 0 Å². The first-order valence-electron chi connectivity index (χ1n) is 6.48. The molecule has 0 radical (unpaired) electrons. The molecular weight excluding hydrogens is 358 g/mol. The van der Waals surface area contributed by atoms with Crippen molar-refractivity contribution in [1.82, 2.24) is 5.32 Å². The van der Waals surface area contributed by atoms with Crippen molar-refractivity contribution in [3.8, 4) is 0 Å². The molecule has 0 heterocycles. The summed E-state index contributed by atoms with van der Waals surface area (Å²) >= 11 is 3.31. The van der Waals surface area contributed by atoms with Gasteiger partial charge >= 0.3 is 0 Å². The largest absolute Gasteiger partial charge is 0.345 e. The second kappa shape index (κ2) is 9.02. The number of anilines is 1. The number of hydrogen-bond donors (Lipinski definition) is 3. The molecule has 1 aromatic rings. The lowest BCUT2D eigenvalue weighted by atomic mass is 9.96. The van der Waals surface area contributed by atoms with E-state index in [1.54, 1.807) is 19.1 Å². The Labute approximate surface area is 139 Å². The maximum atomic E-state index is 11.8. The zero-order valence-electron chi connectivity index (χ0n) is 12.1. The van der Waals surface area contributed by atoms with Crippen molar-refractivity contribution < 1.29 is 9.59 Å². The number of carbonyl (C=O) groups is 2. The molecule has 0 saturated carbocycles. The van der Waals surface area contributed by atoms with E-state index in [1.807, 2.05) is 19.1 Å². The van der Waals surface area contributed by atoms with Crippen LogP contribution in [-0.4, -0.2) is 23.9 Å². The summed E-state index contributed by atoms with van der Waals surface area (Å²) in [7, 11) is 0. The molecule has 0 fully saturated rings. The van der Waals surface area contributed by atoms with Gasteiger partial charge in [-0.3, -0.25) is 9.59 Å². The van der Waals surface area contributed by atoms with Gasteiger partial charge < -0.3 is 16.4 Å². The molecule has 0 aliphatic heterocycles. The van der Waals surface area contributed by atoms with Crippen LogP contribution < -0.4 is 16.4 Å². The van der Waals surface area contributed by atoms with Gasteiger partial charge in [0.05, 0.1) is 12.1 Å². The van der Waals surface area contributed by atoms with Gasteiger partial charge in [0, 0.05) is 10.2 Å². The van der Waals surface area contributed by atoms with Gasteiger partial charge in [-0.25, -0.2) is 0 Å². The molecule has 0 spiro atoms. The van der Waals surface area contributed by atoms with Gasteiger partial charge in [-0.1, -0.05) is 29.3 Å². The van der Waals surface area contributed by atoms with Crippen LogP contribution in [0.2, 0.25) is 0 Å². The van der Waals surface area contributed by atoms with E-state index in [4.69, 9.17) is 5.73 Å². The van der Waals surface area contributed by atoms with E-state index in [1.165, 1.54) is 0 Å². The summed E-state index contributed by atoms with van der Waals surface area (Å²) in [5.41, 5.74) is 5.62. The predicted molar refractivity (Wildman–Crippen MR) is 90.5 cm³/mol. The standard InChI is InChI=1S/C14H20BrN3O2.ClH/c1-3-8-14(2,16)13(20)17-9-12(19)18-11-6-4-10(15)5-7-11;/h4-7H,3,8-9,16H2,1-2H3,(H,17,20)(H,18,19);1H. The maximum Gasteiger partial charge on any atom is 0.243 e. The average molecular weight is 379 g/mol. The monoisotopic (exact) mass is 377 g/mol. The topological polar surface area (TPSA) is 84.2 Å². The molecule has 0 aromatic heterocycles. The molecule has 1 unspecified atom stereocenters. The fourth-order valence-corrected chi connectivity index (χ4v) is 2.00. The molecular formula is C14H21BrClN3O2. The number of benzene rings is 1. The normalized spacial score (nSPS) is 12.8. The number of rotatable bonds is 6. The molecule has 5 nitrogen and oxygen atoms in total. The summed E-state index contributed by atoms with van der Waals surface area (Å²) in [5.74, 6) is -0.599. The van der Waals surface area contributed by atoms with E-state index in [-0.39, 0.29) is 30.8 Å². The highest BCUT2D eigenvalue weighted by Gasteiger charge is 2.27. The van der Waals surface area contributed by atoms with Crippen molar-refractivity contribution in [2.24, 2.45) is 5.73 Å². The van der Waals surface area contributed by atoms with Crippen LogP contribution in [0.25, 0.3) is 0 Å². The molecule has 0 aliphatic rings. The van der Waals surface area contributed by atoms with Gasteiger partial charge in [0.2, 0.25) is 11.8 Å². The molecule has 1 atom stereocenters. The number of nitrogens with two attached hydrogens (primary N) is 1. The second-order valence-electron chi connectivity index (χ2n) is 4.91. The zero-order chi connectivity index (χ0) is 15.2. The Hall–Kier alpha value is -1.11. The molecule has 0 aliphatic carbocycles. The first-order chi connectivity index (χ1) is 9.35. The lowest BCUT2D eigenvalue weighted by Gasteiger charge is -2.22. The minimum atomic E-state index is -0.938. The van der Waals surface area contributed by atoms with Crippen molar-refractivity contribution in [1.29, 1.82) is 0 Å². The molecule has 2 amide bonds. The summed E-state index contributed by atoms with van der Waals surface area (Å²) in [6.45, 7) is 3.53. The molecule has 1 aromatic carbocycles. The number of halogens is 2. The van der Waals surface area contributed by atoms with Crippen molar-refractivity contribution >= 4 is 45.8 Å². The third-order valence-electron chi connectivity index (χ3n) is 2.83. The van der Waals surface area contributed by atoms with E-state index in [2.05, 4.69) is 26.6 Å². The summed E-state index contributed by atoms with van der Waals surface area (Å²) < 4.78 is 0.933. The van der Waals surface area contributed by atoms with Crippen LogP contribution >= 0.6 is 28.3 Å².